The number of hydrogen-bond acceptors (Lipinski definition) is 1. The van der Waals surface area contributed by atoms with Crippen molar-refractivity contribution < 1.29 is 0 Å². The van der Waals surface area contributed by atoms with Gasteiger partial charge in [0.05, 0.1) is 0 Å². The maximum absolute atomic E-state index is 3.64. The molecule has 1 atom stereocenters. The second kappa shape index (κ2) is 6.56. The molecule has 0 aromatic heterocycles. The second-order valence-electron chi connectivity index (χ2n) is 7.30. The van der Waals surface area contributed by atoms with Gasteiger partial charge in [-0.15, -0.1) is 0 Å². The zero-order valence-corrected chi connectivity index (χ0v) is 13.7. The first-order valence-corrected chi connectivity index (χ1v) is 7.55. The predicted molar refractivity (Wildman–Crippen MR) is 85.9 cm³/mol. The van der Waals surface area contributed by atoms with Crippen molar-refractivity contribution in [2.45, 2.75) is 65.8 Å². The summed E-state index contributed by atoms with van der Waals surface area (Å²) < 4.78 is 0. The molecule has 19 heavy (non-hydrogen) atoms. The molecule has 0 heterocycles. The summed E-state index contributed by atoms with van der Waals surface area (Å²) in [6.07, 6.45) is 0. The van der Waals surface area contributed by atoms with Crippen LogP contribution < -0.4 is 5.32 Å². The van der Waals surface area contributed by atoms with Crippen LogP contribution in [-0.2, 0) is 0 Å². The lowest BCUT2D eigenvalue weighted by molar-refractivity contribution is 0.372. The van der Waals surface area contributed by atoms with Crippen LogP contribution in [0.4, 0.5) is 0 Å². The predicted octanol–water partition coefficient (Wildman–Crippen LogP) is 4.94. The highest BCUT2D eigenvalue weighted by molar-refractivity contribution is 5.27. The number of benzene rings is 1. The van der Waals surface area contributed by atoms with E-state index >= 15 is 0 Å². The Balaban J connectivity index is 2.81. The largest absolute Gasteiger partial charge is 0.311 e. The van der Waals surface area contributed by atoms with E-state index in [4.69, 9.17) is 0 Å². The van der Waals surface area contributed by atoms with Crippen molar-refractivity contribution in [1.82, 2.24) is 5.32 Å². The van der Waals surface area contributed by atoms with Gasteiger partial charge in [0, 0.05) is 12.1 Å². The Hall–Kier alpha value is -0.820. The van der Waals surface area contributed by atoms with Crippen molar-refractivity contribution in [2.75, 3.05) is 6.54 Å². The van der Waals surface area contributed by atoms with Crippen LogP contribution in [0, 0.1) is 5.92 Å². The van der Waals surface area contributed by atoms with Gasteiger partial charge >= 0.3 is 0 Å². The van der Waals surface area contributed by atoms with Gasteiger partial charge < -0.3 is 5.32 Å². The summed E-state index contributed by atoms with van der Waals surface area (Å²) in [5, 5.41) is 3.64. The van der Waals surface area contributed by atoms with Crippen LogP contribution in [0.1, 0.15) is 71.4 Å². The van der Waals surface area contributed by atoms with Gasteiger partial charge in [0.2, 0.25) is 0 Å². The van der Waals surface area contributed by atoms with Crippen LogP contribution in [0.15, 0.2) is 24.3 Å². The van der Waals surface area contributed by atoms with Gasteiger partial charge in [-0.3, -0.25) is 0 Å². The highest BCUT2D eigenvalue weighted by Gasteiger charge is 2.19. The first-order valence-electron chi connectivity index (χ1n) is 7.55. The molecule has 0 aliphatic rings. The fourth-order valence-corrected chi connectivity index (χ4v) is 2.28. The maximum Gasteiger partial charge on any atom is 0.00967 e. The quantitative estimate of drug-likeness (QED) is 0.792. The summed E-state index contributed by atoms with van der Waals surface area (Å²) in [5.74, 6) is 1.85. The fraction of sp³-hybridized carbons (Fsp3) is 0.667. The Kier molecular flexibility index (Phi) is 5.61. The van der Waals surface area contributed by atoms with Crippen LogP contribution in [0.5, 0.6) is 0 Å². The molecule has 108 valence electrons. The monoisotopic (exact) mass is 261 g/mol. The van der Waals surface area contributed by atoms with Gasteiger partial charge in [-0.1, -0.05) is 52.0 Å². The standard InChI is InChI=1S/C18H31N/c1-13(2)15-8-10-16(11-9-15)17(14(3)4)12-19-18(5,6)7/h8-11,13-14,17,19H,12H2,1-7H3. The van der Waals surface area contributed by atoms with E-state index in [-0.39, 0.29) is 5.54 Å². The fourth-order valence-electron chi connectivity index (χ4n) is 2.28. The maximum atomic E-state index is 3.64. The lowest BCUT2D eigenvalue weighted by Gasteiger charge is -2.28. The minimum absolute atomic E-state index is 0.186. The minimum atomic E-state index is 0.186. The zero-order chi connectivity index (χ0) is 14.6. The van der Waals surface area contributed by atoms with E-state index in [9.17, 15) is 0 Å². The SMILES string of the molecule is CC(C)c1ccc(C(CNC(C)(C)C)C(C)C)cc1. The molecule has 1 nitrogen and oxygen atoms in total. The third-order valence-electron chi connectivity index (χ3n) is 3.69. The van der Waals surface area contributed by atoms with E-state index in [0.717, 1.165) is 6.54 Å². The topological polar surface area (TPSA) is 12.0 Å². The molecule has 0 aliphatic heterocycles. The van der Waals surface area contributed by atoms with Crippen LogP contribution in [0.3, 0.4) is 0 Å². The smallest absolute Gasteiger partial charge is 0.00967 e. The summed E-state index contributed by atoms with van der Waals surface area (Å²) >= 11 is 0. The molecular weight excluding hydrogens is 230 g/mol. The minimum Gasteiger partial charge on any atom is -0.311 e. The van der Waals surface area contributed by atoms with Gasteiger partial charge in [-0.25, -0.2) is 0 Å². The van der Waals surface area contributed by atoms with E-state index in [1.165, 1.54) is 11.1 Å². The van der Waals surface area contributed by atoms with Crippen LogP contribution in [0.2, 0.25) is 0 Å². The van der Waals surface area contributed by atoms with Crippen LogP contribution >= 0.6 is 0 Å². The Labute approximate surface area is 119 Å². The molecule has 0 radical (unpaired) electrons. The number of nitrogens with one attached hydrogen (secondary N) is 1. The molecule has 0 fully saturated rings. The molecule has 1 aromatic carbocycles. The van der Waals surface area contributed by atoms with Crippen molar-refractivity contribution in [3.8, 4) is 0 Å². The molecule has 0 spiro atoms. The lowest BCUT2D eigenvalue weighted by atomic mass is 9.86. The third kappa shape index (κ3) is 5.36. The molecule has 1 aromatic rings. The van der Waals surface area contributed by atoms with Gasteiger partial charge in [-0.2, -0.15) is 0 Å². The zero-order valence-electron chi connectivity index (χ0n) is 13.7. The van der Waals surface area contributed by atoms with Gasteiger partial charge in [0.25, 0.3) is 0 Å². The molecule has 1 rings (SSSR count). The van der Waals surface area contributed by atoms with E-state index < -0.39 is 0 Å². The van der Waals surface area contributed by atoms with Crippen molar-refractivity contribution in [3.05, 3.63) is 35.4 Å². The number of hydrogen-bond donors (Lipinski definition) is 1. The summed E-state index contributed by atoms with van der Waals surface area (Å²) in [7, 11) is 0. The summed E-state index contributed by atoms with van der Waals surface area (Å²) in [6, 6.07) is 9.19. The summed E-state index contributed by atoms with van der Waals surface area (Å²) in [4.78, 5) is 0. The normalized spacial score (nSPS) is 14.2. The molecule has 0 saturated heterocycles. The number of rotatable bonds is 5. The third-order valence-corrected chi connectivity index (χ3v) is 3.69. The van der Waals surface area contributed by atoms with Crippen molar-refractivity contribution in [3.63, 3.8) is 0 Å². The Bertz CT molecular complexity index is 368. The van der Waals surface area contributed by atoms with E-state index in [1.807, 2.05) is 0 Å². The molecule has 0 amide bonds. The Morgan fingerprint density at radius 1 is 0.895 bits per heavy atom. The van der Waals surface area contributed by atoms with Gasteiger partial charge in [-0.05, 0) is 49.7 Å². The van der Waals surface area contributed by atoms with Crippen LogP contribution in [0.25, 0.3) is 0 Å². The average Bonchev–Trinajstić information content (AvgIpc) is 2.27. The summed E-state index contributed by atoms with van der Waals surface area (Å²) in [5.41, 5.74) is 3.07. The van der Waals surface area contributed by atoms with Crippen molar-refractivity contribution in [2.24, 2.45) is 5.92 Å². The van der Waals surface area contributed by atoms with Gasteiger partial charge in [0.15, 0.2) is 0 Å². The highest BCUT2D eigenvalue weighted by atomic mass is 14.9. The lowest BCUT2D eigenvalue weighted by Crippen LogP contribution is -2.39. The Morgan fingerprint density at radius 3 is 1.74 bits per heavy atom. The van der Waals surface area contributed by atoms with E-state index in [0.29, 0.717) is 17.8 Å². The van der Waals surface area contributed by atoms with Crippen LogP contribution in [-0.4, -0.2) is 12.1 Å². The molecular formula is C18H31N. The molecule has 0 aliphatic carbocycles. The molecule has 0 saturated carbocycles. The first kappa shape index (κ1) is 16.2. The Morgan fingerprint density at radius 2 is 1.37 bits per heavy atom. The summed E-state index contributed by atoms with van der Waals surface area (Å²) in [6.45, 7) is 16.8. The molecule has 1 N–H and O–H groups in total. The highest BCUT2D eigenvalue weighted by Crippen LogP contribution is 2.26. The van der Waals surface area contributed by atoms with E-state index in [1.54, 1.807) is 0 Å². The average molecular weight is 261 g/mol. The molecule has 1 unspecified atom stereocenters. The van der Waals surface area contributed by atoms with E-state index in [2.05, 4.69) is 78.0 Å². The van der Waals surface area contributed by atoms with Crippen molar-refractivity contribution >= 4 is 0 Å². The van der Waals surface area contributed by atoms with Crippen molar-refractivity contribution in [1.29, 1.82) is 0 Å². The second-order valence-corrected chi connectivity index (χ2v) is 7.30. The molecule has 0 bridgehead atoms. The molecule has 1 heteroatoms. The first-order chi connectivity index (χ1) is 8.70. The van der Waals surface area contributed by atoms with Gasteiger partial charge in [0.1, 0.15) is 0 Å².